The summed E-state index contributed by atoms with van der Waals surface area (Å²) in [6.07, 6.45) is 0. The third kappa shape index (κ3) is 5.42. The lowest BCUT2D eigenvalue weighted by Gasteiger charge is -2.40. The number of rotatable bonds is 5. The molecular weight excluding hydrogens is 709 g/mol. The zero-order chi connectivity index (χ0) is 37.9. The van der Waals surface area contributed by atoms with E-state index in [9.17, 15) is 0 Å². The van der Waals surface area contributed by atoms with Crippen LogP contribution in [0.15, 0.2) is 210 Å². The normalized spacial score (nSPS) is 13.1. The number of hydrogen-bond donors (Lipinski definition) is 0. The van der Waals surface area contributed by atoms with Gasteiger partial charge in [0.05, 0.1) is 16.8 Å². The molecule has 0 N–H and O–H groups in total. The van der Waals surface area contributed by atoms with E-state index in [1.807, 2.05) is 36.0 Å². The van der Waals surface area contributed by atoms with Gasteiger partial charge in [-0.15, -0.1) is 0 Å². The summed E-state index contributed by atoms with van der Waals surface area (Å²) < 4.78 is 0. The average Bonchev–Trinajstić information content (AvgIpc) is 3.57. The average molecular weight is 745 g/mol. The Balaban J connectivity index is 0.997. The monoisotopic (exact) mass is 744 g/mol. The number of fused-ring (bicyclic) bond motifs is 9. The van der Waals surface area contributed by atoms with E-state index in [1.54, 1.807) is 0 Å². The van der Waals surface area contributed by atoms with Gasteiger partial charge in [-0.05, 0) is 98.5 Å². The fourth-order valence-electron chi connectivity index (χ4n) is 9.04. The van der Waals surface area contributed by atoms with E-state index in [-0.39, 0.29) is 5.41 Å². The maximum Gasteiger partial charge on any atom is 0.160 e. The number of aromatic nitrogens is 2. The fraction of sp³-hybridized carbons (Fsp3) is 0.0370. The van der Waals surface area contributed by atoms with Crippen molar-refractivity contribution in [3.63, 3.8) is 0 Å². The topological polar surface area (TPSA) is 25.8 Å². The van der Waals surface area contributed by atoms with E-state index in [0.717, 1.165) is 33.9 Å². The van der Waals surface area contributed by atoms with Crippen LogP contribution in [-0.2, 0) is 5.41 Å². The molecule has 1 aromatic heterocycles. The highest BCUT2D eigenvalue weighted by Crippen LogP contribution is 2.62. The maximum absolute atomic E-state index is 5.11. The van der Waals surface area contributed by atoms with Gasteiger partial charge < -0.3 is 0 Å². The second kappa shape index (κ2) is 13.4. The molecule has 57 heavy (non-hydrogen) atoms. The van der Waals surface area contributed by atoms with E-state index in [1.165, 1.54) is 71.0 Å². The fourth-order valence-corrected chi connectivity index (χ4v) is 10.2. The highest BCUT2D eigenvalue weighted by atomic mass is 32.2. The van der Waals surface area contributed by atoms with Crippen LogP contribution >= 0.6 is 11.8 Å². The molecule has 268 valence electrons. The summed E-state index contributed by atoms with van der Waals surface area (Å²) in [6, 6.07) is 72.6. The van der Waals surface area contributed by atoms with Gasteiger partial charge in [0.1, 0.15) is 0 Å². The summed E-state index contributed by atoms with van der Waals surface area (Å²) in [7, 11) is 0. The van der Waals surface area contributed by atoms with Crippen molar-refractivity contribution in [3.8, 4) is 67.3 Å². The van der Waals surface area contributed by atoms with Gasteiger partial charge in [0.25, 0.3) is 0 Å². The molecule has 0 saturated heterocycles. The summed E-state index contributed by atoms with van der Waals surface area (Å²) in [5.41, 5.74) is 18.6. The molecule has 1 aliphatic heterocycles. The summed E-state index contributed by atoms with van der Waals surface area (Å²) in [4.78, 5) is 12.7. The van der Waals surface area contributed by atoms with Crippen molar-refractivity contribution < 1.29 is 0 Å². The van der Waals surface area contributed by atoms with Crippen LogP contribution in [-0.4, -0.2) is 9.97 Å². The minimum absolute atomic E-state index is 0.389. The maximum atomic E-state index is 5.11. The molecule has 9 aromatic rings. The summed E-state index contributed by atoms with van der Waals surface area (Å²) >= 11 is 1.89. The molecule has 3 heteroatoms. The molecule has 11 rings (SSSR count). The van der Waals surface area contributed by atoms with E-state index in [2.05, 4.69) is 183 Å². The number of nitrogens with zero attached hydrogens (tertiary/aromatic N) is 2. The van der Waals surface area contributed by atoms with E-state index in [0.29, 0.717) is 0 Å². The van der Waals surface area contributed by atoms with Crippen molar-refractivity contribution in [1.29, 1.82) is 0 Å². The Hall–Kier alpha value is -6.81. The van der Waals surface area contributed by atoms with Gasteiger partial charge in [-0.3, -0.25) is 0 Å². The minimum Gasteiger partial charge on any atom is -0.228 e. The van der Waals surface area contributed by atoms with Gasteiger partial charge in [-0.2, -0.15) is 0 Å². The van der Waals surface area contributed by atoms with Gasteiger partial charge in [-0.25, -0.2) is 9.97 Å². The number of benzene rings is 8. The van der Waals surface area contributed by atoms with Crippen LogP contribution in [0.3, 0.4) is 0 Å². The molecule has 0 amide bonds. The van der Waals surface area contributed by atoms with Gasteiger partial charge in [0.2, 0.25) is 0 Å². The Labute approximate surface area is 337 Å². The molecule has 0 unspecified atom stereocenters. The Morgan fingerprint density at radius 3 is 1.58 bits per heavy atom. The smallest absolute Gasteiger partial charge is 0.160 e. The lowest BCUT2D eigenvalue weighted by Crippen LogP contribution is -2.32. The first-order valence-electron chi connectivity index (χ1n) is 19.5. The van der Waals surface area contributed by atoms with Crippen molar-refractivity contribution in [2.45, 2.75) is 22.1 Å². The van der Waals surface area contributed by atoms with Crippen molar-refractivity contribution in [2.24, 2.45) is 0 Å². The summed E-state index contributed by atoms with van der Waals surface area (Å²) in [5.74, 6) is 0.719. The molecule has 0 radical (unpaired) electrons. The zero-order valence-electron chi connectivity index (χ0n) is 31.4. The highest BCUT2D eigenvalue weighted by Gasteiger charge is 2.50. The van der Waals surface area contributed by atoms with Gasteiger partial charge in [0.15, 0.2) is 5.82 Å². The van der Waals surface area contributed by atoms with Gasteiger partial charge in [-0.1, -0.05) is 182 Å². The Kier molecular flexibility index (Phi) is 7.90. The summed E-state index contributed by atoms with van der Waals surface area (Å²) in [6.45, 7) is 2.19. The van der Waals surface area contributed by atoms with E-state index >= 15 is 0 Å². The number of aryl methyl sites for hydroxylation is 1. The van der Waals surface area contributed by atoms with Crippen LogP contribution in [0.2, 0.25) is 0 Å². The molecule has 0 fully saturated rings. The second-order valence-electron chi connectivity index (χ2n) is 15.0. The SMILES string of the molecule is Cc1ccc(-c2cc(-c3ccccc3)nc(-c3ccccc3)n2)cc1-c1ccc(-c2ccc3c(c2)C2(c4ccccc4S3)c3ccccc3-c3ccccc32)cc1. The lowest BCUT2D eigenvalue weighted by molar-refractivity contribution is 0.723. The van der Waals surface area contributed by atoms with Crippen LogP contribution in [0.4, 0.5) is 0 Å². The van der Waals surface area contributed by atoms with Crippen LogP contribution in [0.25, 0.3) is 67.3 Å². The van der Waals surface area contributed by atoms with Crippen molar-refractivity contribution in [3.05, 3.63) is 228 Å². The molecule has 0 bridgehead atoms. The molecule has 2 nitrogen and oxygen atoms in total. The van der Waals surface area contributed by atoms with Gasteiger partial charge >= 0.3 is 0 Å². The van der Waals surface area contributed by atoms with Crippen molar-refractivity contribution >= 4 is 11.8 Å². The Morgan fingerprint density at radius 1 is 0.351 bits per heavy atom. The first kappa shape index (κ1) is 33.5. The Bertz CT molecular complexity index is 2880. The van der Waals surface area contributed by atoms with Crippen LogP contribution in [0, 0.1) is 6.92 Å². The number of hydrogen-bond acceptors (Lipinski definition) is 3. The zero-order valence-corrected chi connectivity index (χ0v) is 32.2. The minimum atomic E-state index is -0.389. The molecular formula is C54H36N2S. The van der Waals surface area contributed by atoms with E-state index < -0.39 is 0 Å². The van der Waals surface area contributed by atoms with Crippen LogP contribution in [0.1, 0.15) is 27.8 Å². The molecule has 1 aliphatic carbocycles. The third-order valence-electron chi connectivity index (χ3n) is 11.7. The predicted octanol–water partition coefficient (Wildman–Crippen LogP) is 13.9. The largest absolute Gasteiger partial charge is 0.228 e. The molecule has 2 heterocycles. The standard InChI is InChI=1S/C54H36N2S/c1-35-24-25-41(50-34-49(38-14-4-2-5-15-38)55-53(56-50)39-16-6-3-7-17-39)32-44(35)37-28-26-36(27-29-37)40-30-31-52-48(33-40)54(47-22-12-13-23-51(47)57-52)45-20-10-8-18-42(45)43-19-9-11-21-46(43)54/h2-34H,1H3. The van der Waals surface area contributed by atoms with Crippen molar-refractivity contribution in [2.75, 3.05) is 0 Å². The second-order valence-corrected chi connectivity index (χ2v) is 16.0. The molecule has 1 spiro atoms. The van der Waals surface area contributed by atoms with E-state index in [4.69, 9.17) is 9.97 Å². The van der Waals surface area contributed by atoms with Crippen LogP contribution in [0.5, 0.6) is 0 Å². The first-order chi connectivity index (χ1) is 28.1. The lowest BCUT2D eigenvalue weighted by atomic mass is 9.67. The molecule has 2 aliphatic rings. The van der Waals surface area contributed by atoms with Crippen LogP contribution < -0.4 is 0 Å². The third-order valence-corrected chi connectivity index (χ3v) is 12.9. The predicted molar refractivity (Wildman–Crippen MR) is 235 cm³/mol. The quantitative estimate of drug-likeness (QED) is 0.175. The van der Waals surface area contributed by atoms with Gasteiger partial charge in [0, 0.05) is 26.5 Å². The molecule has 0 saturated carbocycles. The summed E-state index contributed by atoms with van der Waals surface area (Å²) in [5, 5.41) is 0. The highest BCUT2D eigenvalue weighted by molar-refractivity contribution is 7.99. The van der Waals surface area contributed by atoms with Crippen molar-refractivity contribution in [1.82, 2.24) is 9.97 Å². The Morgan fingerprint density at radius 2 is 0.877 bits per heavy atom. The molecule has 8 aromatic carbocycles. The first-order valence-corrected chi connectivity index (χ1v) is 20.3. The molecule has 0 atom stereocenters.